The van der Waals surface area contributed by atoms with Gasteiger partial charge in [-0.2, -0.15) is 5.10 Å². The molecule has 2 aromatic heterocycles. The van der Waals surface area contributed by atoms with Crippen LogP contribution in [0.1, 0.15) is 44.9 Å². The Hall–Kier alpha value is -2.18. The first-order valence-electron chi connectivity index (χ1n) is 9.40. The molecular formula is C18H26N6O. The van der Waals surface area contributed by atoms with E-state index in [2.05, 4.69) is 26.8 Å². The molecule has 0 unspecified atom stereocenters. The summed E-state index contributed by atoms with van der Waals surface area (Å²) >= 11 is 0. The fourth-order valence-electron chi connectivity index (χ4n) is 4.10. The molecule has 1 aliphatic carbocycles. The number of rotatable bonds is 4. The smallest absolute Gasteiger partial charge is 0.242 e. The Bertz CT molecular complexity index is 779. The van der Waals surface area contributed by atoms with E-state index in [0.29, 0.717) is 12.6 Å². The number of carbonyl (C=O) groups is 1. The molecule has 2 aliphatic rings. The van der Waals surface area contributed by atoms with Crippen LogP contribution < -0.4 is 4.90 Å². The number of aromatic nitrogens is 4. The SMILES string of the molecule is CCCc1nc(N2CCN(C3CCCC3)C(=O)C2)c2cnn(C)c2n1. The van der Waals surface area contributed by atoms with Gasteiger partial charge < -0.3 is 9.80 Å². The lowest BCUT2D eigenvalue weighted by Crippen LogP contribution is -2.53. The normalized spacial score (nSPS) is 19.4. The van der Waals surface area contributed by atoms with Gasteiger partial charge in [0, 0.05) is 32.6 Å². The van der Waals surface area contributed by atoms with Crippen molar-refractivity contribution >= 4 is 22.8 Å². The summed E-state index contributed by atoms with van der Waals surface area (Å²) in [6.07, 6.45) is 8.47. The summed E-state index contributed by atoms with van der Waals surface area (Å²) in [5.41, 5.74) is 0.846. The van der Waals surface area contributed by atoms with E-state index >= 15 is 0 Å². The quantitative estimate of drug-likeness (QED) is 0.849. The molecule has 7 heteroatoms. The van der Waals surface area contributed by atoms with Crippen molar-refractivity contribution in [1.82, 2.24) is 24.6 Å². The molecular weight excluding hydrogens is 316 g/mol. The van der Waals surface area contributed by atoms with E-state index in [0.717, 1.165) is 61.4 Å². The molecule has 25 heavy (non-hydrogen) atoms. The Kier molecular flexibility index (Phi) is 4.31. The standard InChI is InChI=1S/C18H26N6O/c1-3-6-15-20-17-14(11-19-22(17)2)18(21-15)23-9-10-24(16(25)12-23)13-7-4-5-8-13/h11,13H,3-10,12H2,1-2H3. The highest BCUT2D eigenvalue weighted by Gasteiger charge is 2.32. The minimum absolute atomic E-state index is 0.228. The van der Waals surface area contributed by atoms with Crippen LogP contribution in [0.4, 0.5) is 5.82 Å². The molecule has 0 spiro atoms. The van der Waals surface area contributed by atoms with Crippen LogP contribution in [0, 0.1) is 0 Å². The number of aryl methyl sites for hydroxylation is 2. The van der Waals surface area contributed by atoms with Crippen molar-refractivity contribution < 1.29 is 4.79 Å². The maximum absolute atomic E-state index is 12.7. The summed E-state index contributed by atoms with van der Waals surface area (Å²) < 4.78 is 1.79. The predicted octanol–water partition coefficient (Wildman–Crippen LogP) is 1.91. The predicted molar refractivity (Wildman–Crippen MR) is 96.5 cm³/mol. The number of nitrogens with zero attached hydrogens (tertiary/aromatic N) is 6. The van der Waals surface area contributed by atoms with Gasteiger partial charge in [-0.25, -0.2) is 9.97 Å². The van der Waals surface area contributed by atoms with Crippen LogP contribution in [0.3, 0.4) is 0 Å². The Balaban J connectivity index is 1.62. The van der Waals surface area contributed by atoms with E-state index in [1.807, 2.05) is 13.2 Å². The molecule has 7 nitrogen and oxygen atoms in total. The van der Waals surface area contributed by atoms with Gasteiger partial charge in [0.1, 0.15) is 11.6 Å². The molecule has 0 radical (unpaired) electrons. The zero-order valence-electron chi connectivity index (χ0n) is 15.1. The van der Waals surface area contributed by atoms with E-state index in [9.17, 15) is 4.79 Å². The number of carbonyl (C=O) groups excluding carboxylic acids is 1. The third-order valence-corrected chi connectivity index (χ3v) is 5.41. The molecule has 1 saturated heterocycles. The summed E-state index contributed by atoms with van der Waals surface area (Å²) in [6, 6.07) is 0.453. The average Bonchev–Trinajstić information content (AvgIpc) is 3.25. The number of anilines is 1. The number of hydrogen-bond acceptors (Lipinski definition) is 5. The lowest BCUT2D eigenvalue weighted by molar-refractivity contribution is -0.133. The van der Waals surface area contributed by atoms with Crippen LogP contribution >= 0.6 is 0 Å². The summed E-state index contributed by atoms with van der Waals surface area (Å²) in [7, 11) is 1.90. The number of hydrogen-bond donors (Lipinski definition) is 0. The van der Waals surface area contributed by atoms with E-state index in [-0.39, 0.29) is 5.91 Å². The lowest BCUT2D eigenvalue weighted by atomic mass is 10.1. The zero-order chi connectivity index (χ0) is 17.4. The van der Waals surface area contributed by atoms with Crippen molar-refractivity contribution in [2.45, 2.75) is 51.5 Å². The first-order valence-corrected chi connectivity index (χ1v) is 9.40. The molecule has 0 N–H and O–H groups in total. The fraction of sp³-hybridized carbons (Fsp3) is 0.667. The van der Waals surface area contributed by atoms with Crippen LogP contribution in [0.5, 0.6) is 0 Å². The molecule has 0 atom stereocenters. The second-order valence-electron chi connectivity index (χ2n) is 7.17. The Labute approximate surface area is 148 Å². The molecule has 0 bridgehead atoms. The maximum Gasteiger partial charge on any atom is 0.242 e. The van der Waals surface area contributed by atoms with Crippen LogP contribution in [0.2, 0.25) is 0 Å². The molecule has 4 rings (SSSR count). The van der Waals surface area contributed by atoms with E-state index in [4.69, 9.17) is 4.98 Å². The van der Waals surface area contributed by atoms with Gasteiger partial charge in [-0.1, -0.05) is 19.8 Å². The fourth-order valence-corrected chi connectivity index (χ4v) is 4.10. The zero-order valence-corrected chi connectivity index (χ0v) is 15.1. The molecule has 2 fully saturated rings. The van der Waals surface area contributed by atoms with Gasteiger partial charge in [-0.05, 0) is 19.3 Å². The average molecular weight is 342 g/mol. The van der Waals surface area contributed by atoms with Crippen LogP contribution in [-0.2, 0) is 18.3 Å². The van der Waals surface area contributed by atoms with Crippen molar-refractivity contribution in [3.05, 3.63) is 12.0 Å². The first-order chi connectivity index (χ1) is 12.2. The molecule has 0 aromatic carbocycles. The minimum atomic E-state index is 0.228. The Morgan fingerprint density at radius 2 is 2.00 bits per heavy atom. The van der Waals surface area contributed by atoms with E-state index in [1.165, 1.54) is 12.8 Å². The van der Waals surface area contributed by atoms with Gasteiger partial charge in [-0.3, -0.25) is 9.48 Å². The third-order valence-electron chi connectivity index (χ3n) is 5.41. The number of amides is 1. The third kappa shape index (κ3) is 2.96. The van der Waals surface area contributed by atoms with Gasteiger partial charge in [0.05, 0.1) is 18.1 Å². The number of piperazine rings is 1. The lowest BCUT2D eigenvalue weighted by Gasteiger charge is -2.38. The van der Waals surface area contributed by atoms with Gasteiger partial charge in [0.15, 0.2) is 5.65 Å². The van der Waals surface area contributed by atoms with E-state index in [1.54, 1.807) is 4.68 Å². The van der Waals surface area contributed by atoms with Crippen molar-refractivity contribution in [1.29, 1.82) is 0 Å². The molecule has 134 valence electrons. The molecule has 2 aromatic rings. The highest BCUT2D eigenvalue weighted by Crippen LogP contribution is 2.28. The van der Waals surface area contributed by atoms with Gasteiger partial charge in [0.25, 0.3) is 0 Å². The van der Waals surface area contributed by atoms with Crippen LogP contribution in [0.15, 0.2) is 6.20 Å². The van der Waals surface area contributed by atoms with Crippen molar-refractivity contribution in [3.63, 3.8) is 0 Å². The maximum atomic E-state index is 12.7. The monoisotopic (exact) mass is 342 g/mol. The molecule has 1 saturated carbocycles. The summed E-state index contributed by atoms with van der Waals surface area (Å²) in [5.74, 6) is 1.92. The van der Waals surface area contributed by atoms with Crippen molar-refractivity contribution in [2.24, 2.45) is 7.05 Å². The molecule has 1 aliphatic heterocycles. The van der Waals surface area contributed by atoms with Crippen molar-refractivity contribution in [2.75, 3.05) is 24.5 Å². The highest BCUT2D eigenvalue weighted by molar-refractivity contribution is 5.90. The van der Waals surface area contributed by atoms with Gasteiger partial charge >= 0.3 is 0 Å². The minimum Gasteiger partial charge on any atom is -0.345 e. The van der Waals surface area contributed by atoms with Crippen LogP contribution in [0.25, 0.3) is 11.0 Å². The molecule has 1 amide bonds. The Morgan fingerprint density at radius 1 is 1.20 bits per heavy atom. The van der Waals surface area contributed by atoms with Gasteiger partial charge in [0.2, 0.25) is 5.91 Å². The summed E-state index contributed by atoms with van der Waals surface area (Å²) in [6.45, 7) is 4.15. The van der Waals surface area contributed by atoms with Crippen molar-refractivity contribution in [3.8, 4) is 0 Å². The second-order valence-corrected chi connectivity index (χ2v) is 7.17. The summed E-state index contributed by atoms with van der Waals surface area (Å²) in [4.78, 5) is 26.4. The Morgan fingerprint density at radius 3 is 2.72 bits per heavy atom. The second kappa shape index (κ2) is 6.61. The largest absolute Gasteiger partial charge is 0.345 e. The number of fused-ring (bicyclic) bond motifs is 1. The van der Waals surface area contributed by atoms with Crippen LogP contribution in [-0.4, -0.2) is 56.2 Å². The molecule has 3 heterocycles. The topological polar surface area (TPSA) is 67.2 Å². The van der Waals surface area contributed by atoms with E-state index < -0.39 is 0 Å². The first kappa shape index (κ1) is 16.3. The van der Waals surface area contributed by atoms with Gasteiger partial charge in [-0.15, -0.1) is 0 Å². The summed E-state index contributed by atoms with van der Waals surface area (Å²) in [5, 5.41) is 5.28. The highest BCUT2D eigenvalue weighted by atomic mass is 16.2.